The molecule has 0 bridgehead atoms. The monoisotopic (exact) mass is 362 g/mol. The van der Waals surface area contributed by atoms with E-state index in [0.29, 0.717) is 5.56 Å². The lowest BCUT2D eigenvalue weighted by molar-refractivity contribution is -0.125. The molecule has 0 atom stereocenters. The van der Waals surface area contributed by atoms with Gasteiger partial charge in [-0.2, -0.15) is 0 Å². The van der Waals surface area contributed by atoms with E-state index in [9.17, 15) is 9.59 Å². The van der Waals surface area contributed by atoms with E-state index >= 15 is 0 Å². The van der Waals surface area contributed by atoms with Crippen LogP contribution in [0.2, 0.25) is 0 Å². The van der Waals surface area contributed by atoms with Crippen LogP contribution in [0, 0.1) is 19.3 Å². The number of benzene rings is 2. The summed E-state index contributed by atoms with van der Waals surface area (Å²) in [6.07, 6.45) is 0. The van der Waals surface area contributed by atoms with E-state index in [1.807, 2.05) is 83.1 Å². The lowest BCUT2D eigenvalue weighted by atomic mass is 9.94. The fraction of sp³-hybridized carbons (Fsp3) is 0.304. The van der Waals surface area contributed by atoms with Crippen molar-refractivity contribution in [2.75, 3.05) is 4.90 Å². The number of aromatic amines is 1. The summed E-state index contributed by atoms with van der Waals surface area (Å²) in [6.45, 7) is 9.89. The van der Waals surface area contributed by atoms with Crippen LogP contribution >= 0.6 is 0 Å². The summed E-state index contributed by atoms with van der Waals surface area (Å²) in [5.41, 5.74) is 3.61. The first kappa shape index (κ1) is 18.9. The number of pyridine rings is 1. The fourth-order valence-corrected chi connectivity index (χ4v) is 3.20. The molecule has 2 aromatic carbocycles. The predicted octanol–water partition coefficient (Wildman–Crippen LogP) is 4.72. The zero-order valence-electron chi connectivity index (χ0n) is 16.6. The molecule has 4 heteroatoms. The third-order valence-electron chi connectivity index (χ3n) is 4.69. The number of hydrogen-bond donors (Lipinski definition) is 1. The molecule has 1 heterocycles. The summed E-state index contributed by atoms with van der Waals surface area (Å²) >= 11 is 0. The maximum Gasteiger partial charge on any atom is 0.253 e. The molecule has 0 saturated heterocycles. The van der Waals surface area contributed by atoms with Crippen molar-refractivity contribution in [2.45, 2.75) is 41.2 Å². The van der Waals surface area contributed by atoms with Crippen molar-refractivity contribution in [2.24, 2.45) is 5.41 Å². The molecule has 140 valence electrons. The van der Waals surface area contributed by atoms with Gasteiger partial charge in [-0.05, 0) is 48.6 Å². The molecule has 0 radical (unpaired) electrons. The largest absolute Gasteiger partial charge is 0.321 e. The van der Waals surface area contributed by atoms with E-state index in [4.69, 9.17) is 0 Å². The molecule has 0 unspecified atom stereocenters. The Morgan fingerprint density at radius 3 is 2.41 bits per heavy atom. The number of nitrogens with one attached hydrogen (secondary N) is 1. The van der Waals surface area contributed by atoms with Gasteiger partial charge in [0.15, 0.2) is 0 Å². The third kappa shape index (κ3) is 3.95. The fourth-order valence-electron chi connectivity index (χ4n) is 3.20. The normalized spacial score (nSPS) is 11.6. The van der Waals surface area contributed by atoms with Crippen molar-refractivity contribution in [3.05, 3.63) is 75.6 Å². The maximum atomic E-state index is 13.1. The van der Waals surface area contributed by atoms with E-state index in [1.54, 1.807) is 4.90 Å². The van der Waals surface area contributed by atoms with Gasteiger partial charge < -0.3 is 9.88 Å². The van der Waals surface area contributed by atoms with Gasteiger partial charge in [0.05, 0.1) is 12.1 Å². The first-order valence-electron chi connectivity index (χ1n) is 9.17. The van der Waals surface area contributed by atoms with Crippen molar-refractivity contribution in [1.82, 2.24) is 4.98 Å². The number of H-pyrrole nitrogens is 1. The molecule has 1 aromatic heterocycles. The minimum atomic E-state index is -0.552. The second-order valence-electron chi connectivity index (χ2n) is 8.14. The third-order valence-corrected chi connectivity index (χ3v) is 4.69. The number of aromatic nitrogens is 1. The van der Waals surface area contributed by atoms with Crippen molar-refractivity contribution >= 4 is 22.5 Å². The quantitative estimate of drug-likeness (QED) is 0.733. The molecule has 4 nitrogen and oxygen atoms in total. The number of carbonyl (C=O) groups is 1. The summed E-state index contributed by atoms with van der Waals surface area (Å²) in [4.78, 5) is 30.5. The van der Waals surface area contributed by atoms with Gasteiger partial charge in [-0.15, -0.1) is 0 Å². The summed E-state index contributed by atoms with van der Waals surface area (Å²) < 4.78 is 0. The lowest BCUT2D eigenvalue weighted by Gasteiger charge is -2.30. The standard InChI is InChI=1S/C23H26N2O2/c1-15-8-6-11-19(12-15)25(22(27)23(3,4)5)14-18-13-17-10-7-9-16(2)20(17)24-21(18)26/h6-13H,14H2,1-5H3,(H,24,26). The molecule has 0 aliphatic rings. The van der Waals surface area contributed by atoms with Crippen LogP contribution in [0.1, 0.15) is 37.5 Å². The van der Waals surface area contributed by atoms with Gasteiger partial charge in [0.1, 0.15) is 0 Å². The van der Waals surface area contributed by atoms with Gasteiger partial charge in [-0.25, -0.2) is 0 Å². The van der Waals surface area contributed by atoms with E-state index in [0.717, 1.165) is 27.7 Å². The summed E-state index contributed by atoms with van der Waals surface area (Å²) in [6, 6.07) is 15.6. The van der Waals surface area contributed by atoms with Crippen molar-refractivity contribution in [3.63, 3.8) is 0 Å². The van der Waals surface area contributed by atoms with E-state index < -0.39 is 5.41 Å². The Labute approximate surface area is 159 Å². The summed E-state index contributed by atoms with van der Waals surface area (Å²) in [5.74, 6) is -0.0168. The summed E-state index contributed by atoms with van der Waals surface area (Å²) in [7, 11) is 0. The number of rotatable bonds is 3. The SMILES string of the molecule is Cc1cccc(N(Cc2cc3cccc(C)c3[nH]c2=O)C(=O)C(C)(C)C)c1. The second-order valence-corrected chi connectivity index (χ2v) is 8.14. The van der Waals surface area contributed by atoms with Gasteiger partial charge in [0.2, 0.25) is 5.91 Å². The number of anilines is 1. The molecule has 3 rings (SSSR count). The van der Waals surface area contributed by atoms with Crippen molar-refractivity contribution < 1.29 is 4.79 Å². The molecular formula is C23H26N2O2. The van der Waals surface area contributed by atoms with Crippen LogP contribution in [0.5, 0.6) is 0 Å². The summed E-state index contributed by atoms with van der Waals surface area (Å²) in [5, 5.41) is 0.969. The van der Waals surface area contributed by atoms with Crippen LogP contribution in [0.25, 0.3) is 10.9 Å². The van der Waals surface area contributed by atoms with Gasteiger partial charge in [-0.3, -0.25) is 9.59 Å². The number of hydrogen-bond acceptors (Lipinski definition) is 2. The predicted molar refractivity (Wildman–Crippen MR) is 111 cm³/mol. The number of amides is 1. The highest BCUT2D eigenvalue weighted by molar-refractivity contribution is 5.97. The molecule has 1 amide bonds. The minimum Gasteiger partial charge on any atom is -0.321 e. The first-order chi connectivity index (χ1) is 12.7. The first-order valence-corrected chi connectivity index (χ1v) is 9.17. The Morgan fingerprint density at radius 2 is 1.74 bits per heavy atom. The number of carbonyl (C=O) groups excluding carboxylic acids is 1. The van der Waals surface area contributed by atoms with Crippen LogP contribution in [-0.4, -0.2) is 10.9 Å². The minimum absolute atomic E-state index is 0.0168. The zero-order valence-corrected chi connectivity index (χ0v) is 16.6. The molecule has 0 aliphatic heterocycles. The highest BCUT2D eigenvalue weighted by Gasteiger charge is 2.29. The molecule has 0 aliphatic carbocycles. The molecule has 0 fully saturated rings. The van der Waals surface area contributed by atoms with Crippen LogP contribution in [0.3, 0.4) is 0 Å². The Balaban J connectivity index is 2.09. The topological polar surface area (TPSA) is 53.2 Å². The van der Waals surface area contributed by atoms with Gasteiger partial charge in [0, 0.05) is 16.7 Å². The van der Waals surface area contributed by atoms with E-state index in [-0.39, 0.29) is 18.0 Å². The Morgan fingerprint density at radius 1 is 1.04 bits per heavy atom. The maximum absolute atomic E-state index is 13.1. The second kappa shape index (κ2) is 7.03. The average molecular weight is 362 g/mol. The number of aryl methyl sites for hydroxylation is 2. The molecule has 0 spiro atoms. The average Bonchev–Trinajstić information content (AvgIpc) is 2.59. The van der Waals surface area contributed by atoms with Crippen LogP contribution in [0.4, 0.5) is 5.69 Å². The molecule has 1 N–H and O–H groups in total. The number of fused-ring (bicyclic) bond motifs is 1. The Bertz CT molecular complexity index is 1060. The van der Waals surface area contributed by atoms with Gasteiger partial charge in [-0.1, -0.05) is 51.1 Å². The Hall–Kier alpha value is -2.88. The molecule has 0 saturated carbocycles. The van der Waals surface area contributed by atoms with Crippen molar-refractivity contribution in [3.8, 4) is 0 Å². The Kier molecular flexibility index (Phi) is 4.92. The van der Waals surface area contributed by atoms with Crippen LogP contribution in [-0.2, 0) is 11.3 Å². The highest BCUT2D eigenvalue weighted by atomic mass is 16.2. The molecule has 27 heavy (non-hydrogen) atoms. The molecule has 3 aromatic rings. The lowest BCUT2D eigenvalue weighted by Crippen LogP contribution is -2.40. The molecular weight excluding hydrogens is 336 g/mol. The number of nitrogens with zero attached hydrogens (tertiary/aromatic N) is 1. The van der Waals surface area contributed by atoms with Gasteiger partial charge in [0.25, 0.3) is 5.56 Å². The van der Waals surface area contributed by atoms with Crippen LogP contribution < -0.4 is 10.5 Å². The van der Waals surface area contributed by atoms with Crippen molar-refractivity contribution in [1.29, 1.82) is 0 Å². The smallest absolute Gasteiger partial charge is 0.253 e. The van der Waals surface area contributed by atoms with Gasteiger partial charge >= 0.3 is 0 Å². The highest BCUT2D eigenvalue weighted by Crippen LogP contribution is 2.26. The number of para-hydroxylation sites is 1. The van der Waals surface area contributed by atoms with E-state index in [2.05, 4.69) is 4.98 Å². The van der Waals surface area contributed by atoms with E-state index in [1.165, 1.54) is 0 Å². The zero-order chi connectivity index (χ0) is 19.8. The van der Waals surface area contributed by atoms with Crippen LogP contribution in [0.15, 0.2) is 53.3 Å².